The number of anilines is 2. The Morgan fingerprint density at radius 1 is 1.09 bits per heavy atom. The second kappa shape index (κ2) is 5.81. The average Bonchev–Trinajstić information content (AvgIpc) is 2.61. The van der Waals surface area contributed by atoms with Gasteiger partial charge >= 0.3 is 0 Å². The van der Waals surface area contributed by atoms with Gasteiger partial charge in [-0.1, -0.05) is 18.2 Å². The molecule has 6 heteroatoms. The zero-order valence-corrected chi connectivity index (χ0v) is 12.6. The van der Waals surface area contributed by atoms with Crippen molar-refractivity contribution in [3.8, 4) is 11.3 Å². The van der Waals surface area contributed by atoms with Crippen molar-refractivity contribution in [1.29, 1.82) is 0 Å². The van der Waals surface area contributed by atoms with E-state index in [9.17, 15) is 0 Å². The Morgan fingerprint density at radius 3 is 2.83 bits per heavy atom. The summed E-state index contributed by atoms with van der Waals surface area (Å²) >= 11 is 0. The van der Waals surface area contributed by atoms with E-state index in [1.165, 1.54) is 0 Å². The highest BCUT2D eigenvalue weighted by Gasteiger charge is 2.16. The van der Waals surface area contributed by atoms with E-state index in [2.05, 4.69) is 14.9 Å². The Labute approximate surface area is 133 Å². The molecule has 0 radical (unpaired) electrons. The summed E-state index contributed by atoms with van der Waals surface area (Å²) in [5.41, 5.74) is 7.89. The topological polar surface area (TPSA) is 77.2 Å². The van der Waals surface area contributed by atoms with Gasteiger partial charge in [-0.15, -0.1) is 0 Å². The van der Waals surface area contributed by atoms with Crippen LogP contribution >= 0.6 is 0 Å². The van der Waals surface area contributed by atoms with Gasteiger partial charge in [0.05, 0.1) is 18.9 Å². The van der Waals surface area contributed by atoms with Crippen LogP contribution in [0.4, 0.5) is 11.8 Å². The lowest BCUT2D eigenvalue weighted by molar-refractivity contribution is 0.122. The molecule has 1 aliphatic heterocycles. The Hall–Kier alpha value is -2.73. The predicted molar refractivity (Wildman–Crippen MR) is 90.2 cm³/mol. The van der Waals surface area contributed by atoms with E-state index < -0.39 is 0 Å². The molecule has 2 aromatic heterocycles. The van der Waals surface area contributed by atoms with Crippen LogP contribution in [0.3, 0.4) is 0 Å². The smallest absolute Gasteiger partial charge is 0.228 e. The van der Waals surface area contributed by atoms with Crippen molar-refractivity contribution in [1.82, 2.24) is 15.0 Å². The van der Waals surface area contributed by atoms with E-state index >= 15 is 0 Å². The molecule has 1 aromatic carbocycles. The van der Waals surface area contributed by atoms with Gasteiger partial charge in [-0.3, -0.25) is 4.98 Å². The van der Waals surface area contributed by atoms with Crippen molar-refractivity contribution in [2.45, 2.75) is 0 Å². The first-order valence-electron chi connectivity index (χ1n) is 7.61. The minimum atomic E-state index is 0.475. The van der Waals surface area contributed by atoms with Gasteiger partial charge in [0.2, 0.25) is 5.95 Å². The molecular formula is C17H17N5O. The van der Waals surface area contributed by atoms with Gasteiger partial charge in [0, 0.05) is 42.5 Å². The van der Waals surface area contributed by atoms with Crippen LogP contribution in [0.1, 0.15) is 0 Å². The third kappa shape index (κ3) is 2.68. The Balaban J connectivity index is 1.83. The van der Waals surface area contributed by atoms with Crippen LogP contribution in [0.25, 0.3) is 22.0 Å². The lowest BCUT2D eigenvalue weighted by atomic mass is 10.0. The third-order valence-electron chi connectivity index (χ3n) is 3.98. The van der Waals surface area contributed by atoms with Crippen LogP contribution in [-0.2, 0) is 4.74 Å². The Bertz CT molecular complexity index is 840. The third-order valence-corrected chi connectivity index (χ3v) is 3.98. The summed E-state index contributed by atoms with van der Waals surface area (Å²) in [4.78, 5) is 15.4. The molecule has 2 N–H and O–H groups in total. The Kier molecular flexibility index (Phi) is 3.51. The molecule has 0 amide bonds. The highest BCUT2D eigenvalue weighted by molar-refractivity contribution is 5.95. The van der Waals surface area contributed by atoms with Crippen LogP contribution in [0.15, 0.2) is 42.7 Å². The molecule has 0 saturated carbocycles. The molecular weight excluding hydrogens is 290 g/mol. The van der Waals surface area contributed by atoms with Crippen LogP contribution in [-0.4, -0.2) is 41.3 Å². The van der Waals surface area contributed by atoms with Gasteiger partial charge in [-0.25, -0.2) is 4.98 Å². The highest BCUT2D eigenvalue weighted by atomic mass is 16.5. The van der Waals surface area contributed by atoms with Crippen LogP contribution < -0.4 is 10.6 Å². The summed E-state index contributed by atoms with van der Waals surface area (Å²) < 4.78 is 5.39. The lowest BCUT2D eigenvalue weighted by Crippen LogP contribution is -2.37. The van der Waals surface area contributed by atoms with Gasteiger partial charge in [-0.05, 0) is 11.5 Å². The maximum absolute atomic E-state index is 6.03. The number of nitrogens with zero attached hydrogens (tertiary/aromatic N) is 4. The summed E-state index contributed by atoms with van der Waals surface area (Å²) in [6, 6.07) is 9.91. The first-order chi connectivity index (χ1) is 11.3. The molecule has 0 unspecified atom stereocenters. The summed E-state index contributed by atoms with van der Waals surface area (Å²) in [6.45, 7) is 2.94. The molecule has 116 valence electrons. The van der Waals surface area contributed by atoms with Gasteiger partial charge < -0.3 is 15.4 Å². The summed E-state index contributed by atoms with van der Waals surface area (Å²) in [7, 11) is 0. The summed E-state index contributed by atoms with van der Waals surface area (Å²) in [6.07, 6.45) is 3.64. The fraction of sp³-hybridized carbons (Fsp3) is 0.235. The number of nitrogen functional groups attached to an aromatic ring is 1. The molecule has 1 saturated heterocycles. The molecule has 0 aliphatic carbocycles. The number of nitrogens with two attached hydrogens (primary N) is 1. The van der Waals surface area contributed by atoms with Crippen molar-refractivity contribution >= 4 is 22.5 Å². The van der Waals surface area contributed by atoms with Crippen LogP contribution in [0, 0.1) is 0 Å². The van der Waals surface area contributed by atoms with E-state index in [1.54, 1.807) is 6.20 Å². The molecule has 4 rings (SSSR count). The average molecular weight is 307 g/mol. The number of pyridine rings is 1. The number of morpholine rings is 1. The Morgan fingerprint density at radius 2 is 1.96 bits per heavy atom. The largest absolute Gasteiger partial charge is 0.384 e. The van der Waals surface area contributed by atoms with Crippen molar-refractivity contribution in [3.63, 3.8) is 0 Å². The van der Waals surface area contributed by atoms with Crippen molar-refractivity contribution < 1.29 is 4.74 Å². The summed E-state index contributed by atoms with van der Waals surface area (Å²) in [5.74, 6) is 1.14. The van der Waals surface area contributed by atoms with E-state index in [0.717, 1.165) is 35.1 Å². The fourth-order valence-corrected chi connectivity index (χ4v) is 2.84. The number of ether oxygens (including phenoxy) is 1. The number of hydrogen-bond acceptors (Lipinski definition) is 6. The first-order valence-corrected chi connectivity index (χ1v) is 7.61. The first kappa shape index (κ1) is 13.9. The standard InChI is InChI=1S/C17H17N5O/c18-16-10-15(20-17(21-16)22-6-8-23-9-7-22)14-3-1-2-12-11-19-5-4-13(12)14/h1-5,10-11H,6-9H2,(H2,18,20,21). The molecule has 0 atom stereocenters. The van der Waals surface area contributed by atoms with Crippen molar-refractivity contribution in [2.75, 3.05) is 36.9 Å². The van der Waals surface area contributed by atoms with Gasteiger partial charge in [0.1, 0.15) is 5.82 Å². The van der Waals surface area contributed by atoms with Crippen molar-refractivity contribution in [2.24, 2.45) is 0 Å². The zero-order valence-electron chi connectivity index (χ0n) is 12.6. The van der Waals surface area contributed by atoms with E-state index in [0.29, 0.717) is 25.0 Å². The second-order valence-electron chi connectivity index (χ2n) is 5.48. The SMILES string of the molecule is Nc1cc(-c2cccc3cnccc23)nc(N2CCOCC2)n1. The minimum absolute atomic E-state index is 0.475. The maximum atomic E-state index is 6.03. The van der Waals surface area contributed by atoms with E-state index in [-0.39, 0.29) is 0 Å². The lowest BCUT2D eigenvalue weighted by Gasteiger charge is -2.27. The zero-order chi connectivity index (χ0) is 15.6. The number of fused-ring (bicyclic) bond motifs is 1. The number of aromatic nitrogens is 3. The maximum Gasteiger partial charge on any atom is 0.228 e. The molecule has 0 spiro atoms. The molecule has 23 heavy (non-hydrogen) atoms. The highest BCUT2D eigenvalue weighted by Crippen LogP contribution is 2.28. The fourth-order valence-electron chi connectivity index (χ4n) is 2.84. The van der Waals surface area contributed by atoms with E-state index in [1.807, 2.05) is 36.5 Å². The molecule has 6 nitrogen and oxygen atoms in total. The minimum Gasteiger partial charge on any atom is -0.384 e. The van der Waals surface area contributed by atoms with Gasteiger partial charge in [-0.2, -0.15) is 4.98 Å². The van der Waals surface area contributed by atoms with Crippen molar-refractivity contribution in [3.05, 3.63) is 42.7 Å². The van der Waals surface area contributed by atoms with Crippen LogP contribution in [0.5, 0.6) is 0 Å². The monoisotopic (exact) mass is 307 g/mol. The molecule has 0 bridgehead atoms. The number of rotatable bonds is 2. The van der Waals surface area contributed by atoms with Gasteiger partial charge in [0.15, 0.2) is 0 Å². The second-order valence-corrected chi connectivity index (χ2v) is 5.48. The van der Waals surface area contributed by atoms with Crippen LogP contribution in [0.2, 0.25) is 0 Å². The summed E-state index contributed by atoms with van der Waals surface area (Å²) in [5, 5.41) is 2.18. The molecule has 1 aliphatic rings. The number of hydrogen-bond donors (Lipinski definition) is 1. The number of benzene rings is 1. The normalized spacial score (nSPS) is 15.0. The van der Waals surface area contributed by atoms with E-state index in [4.69, 9.17) is 15.5 Å². The molecule has 3 heterocycles. The molecule has 1 fully saturated rings. The predicted octanol–water partition coefficient (Wildman–Crippen LogP) is 2.11. The molecule has 3 aromatic rings. The van der Waals surface area contributed by atoms with Gasteiger partial charge in [0.25, 0.3) is 0 Å². The quantitative estimate of drug-likeness (QED) is 0.781.